The third-order valence-corrected chi connectivity index (χ3v) is 6.05. The van der Waals surface area contributed by atoms with Gasteiger partial charge in [-0.2, -0.15) is 0 Å². The van der Waals surface area contributed by atoms with Crippen LogP contribution >= 0.6 is 11.6 Å². The smallest absolute Gasteiger partial charge is 0.231 e. The van der Waals surface area contributed by atoms with E-state index in [-0.39, 0.29) is 22.1 Å². The lowest BCUT2D eigenvalue weighted by atomic mass is 10.00. The summed E-state index contributed by atoms with van der Waals surface area (Å²) in [6, 6.07) is 16.1. The van der Waals surface area contributed by atoms with Crippen molar-refractivity contribution in [2.45, 2.75) is 26.9 Å². The van der Waals surface area contributed by atoms with Gasteiger partial charge in [0.15, 0.2) is 17.0 Å². The van der Waals surface area contributed by atoms with Gasteiger partial charge >= 0.3 is 0 Å². The lowest BCUT2D eigenvalue weighted by Gasteiger charge is -2.19. The maximum atomic E-state index is 13.3. The molecule has 0 saturated carbocycles. The minimum atomic E-state index is -3.62. The normalized spacial score (nSPS) is 12.5. The number of pyridine rings is 1. The molecule has 176 valence electrons. The molecule has 2 heterocycles. The van der Waals surface area contributed by atoms with Gasteiger partial charge in [0.05, 0.1) is 11.6 Å². The highest BCUT2D eigenvalue weighted by Crippen LogP contribution is 2.34. The molecular formula is C25H23ClN2O5S. The molecule has 0 aliphatic carbocycles. The van der Waals surface area contributed by atoms with Crippen LogP contribution in [0, 0.1) is 13.8 Å². The predicted octanol–water partition coefficient (Wildman–Crippen LogP) is 5.64. The summed E-state index contributed by atoms with van der Waals surface area (Å²) in [5.41, 5.74) is 3.10. The van der Waals surface area contributed by atoms with Gasteiger partial charge in [0, 0.05) is 16.7 Å². The first-order valence-corrected chi connectivity index (χ1v) is 12.7. The van der Waals surface area contributed by atoms with E-state index in [0.29, 0.717) is 27.9 Å². The van der Waals surface area contributed by atoms with E-state index in [2.05, 4.69) is 9.71 Å². The summed E-state index contributed by atoms with van der Waals surface area (Å²) in [6.45, 7) is 5.42. The van der Waals surface area contributed by atoms with Crippen molar-refractivity contribution in [1.29, 1.82) is 0 Å². The third kappa shape index (κ3) is 4.93. The van der Waals surface area contributed by atoms with Gasteiger partial charge in [-0.05, 0) is 50.6 Å². The van der Waals surface area contributed by atoms with E-state index >= 15 is 0 Å². The summed E-state index contributed by atoms with van der Waals surface area (Å²) in [5, 5.41) is 0.562. The van der Waals surface area contributed by atoms with Crippen LogP contribution in [-0.4, -0.2) is 19.7 Å². The second kappa shape index (κ2) is 9.12. The van der Waals surface area contributed by atoms with Crippen molar-refractivity contribution in [1.82, 2.24) is 4.98 Å². The van der Waals surface area contributed by atoms with Gasteiger partial charge in [0.1, 0.15) is 22.6 Å². The maximum absolute atomic E-state index is 13.3. The maximum Gasteiger partial charge on any atom is 0.231 e. The first-order chi connectivity index (χ1) is 16.0. The number of hydrogen-bond donors (Lipinski definition) is 1. The Labute approximate surface area is 202 Å². The first kappa shape index (κ1) is 23.8. The van der Waals surface area contributed by atoms with Crippen molar-refractivity contribution in [3.63, 3.8) is 0 Å². The Hall–Kier alpha value is -3.36. The van der Waals surface area contributed by atoms with E-state index in [4.69, 9.17) is 20.8 Å². The predicted molar refractivity (Wildman–Crippen MR) is 134 cm³/mol. The highest BCUT2D eigenvalue weighted by atomic mass is 35.5. The summed E-state index contributed by atoms with van der Waals surface area (Å²) in [4.78, 5) is 17.3. The summed E-state index contributed by atoms with van der Waals surface area (Å²) in [7, 11) is -3.62. The molecule has 0 aliphatic rings. The minimum Gasteiger partial charge on any atom is -0.482 e. The van der Waals surface area contributed by atoms with Crippen LogP contribution in [0.15, 0.2) is 63.8 Å². The summed E-state index contributed by atoms with van der Waals surface area (Å²) < 4.78 is 38.3. The summed E-state index contributed by atoms with van der Waals surface area (Å²) in [5.74, 6) is 0.652. The van der Waals surface area contributed by atoms with Crippen molar-refractivity contribution in [2.75, 3.05) is 11.0 Å². The number of benzene rings is 2. The first-order valence-electron chi connectivity index (χ1n) is 10.5. The molecule has 0 spiro atoms. The zero-order valence-electron chi connectivity index (χ0n) is 19.0. The zero-order valence-corrected chi connectivity index (χ0v) is 20.6. The topological polar surface area (TPSA) is 98.5 Å². The second-order valence-corrected chi connectivity index (χ2v) is 10.2. The Bertz CT molecular complexity index is 1550. The number of fused-ring (bicyclic) bond motifs is 1. The van der Waals surface area contributed by atoms with Crippen LogP contribution in [0.4, 0.5) is 5.82 Å². The molecule has 0 aliphatic heterocycles. The number of sulfonamides is 1. The molecule has 0 amide bonds. The van der Waals surface area contributed by atoms with E-state index < -0.39 is 16.1 Å². The van der Waals surface area contributed by atoms with Gasteiger partial charge < -0.3 is 9.15 Å². The zero-order chi connectivity index (χ0) is 24.6. The SMILES string of the molecule is Cc1cc([C@@H](C)Oc2ccc(Cl)nc2NS(C)(=O)=O)c2oc(-c3ccccc3)c(C)c(=O)c2c1. The molecule has 9 heteroatoms. The number of hydrogen-bond acceptors (Lipinski definition) is 6. The van der Waals surface area contributed by atoms with Crippen molar-refractivity contribution >= 4 is 38.4 Å². The van der Waals surface area contributed by atoms with Crippen molar-refractivity contribution in [3.8, 4) is 17.1 Å². The van der Waals surface area contributed by atoms with Gasteiger partial charge in [-0.1, -0.05) is 41.9 Å². The van der Waals surface area contributed by atoms with Gasteiger partial charge in [0.2, 0.25) is 10.0 Å². The van der Waals surface area contributed by atoms with Crippen LogP contribution < -0.4 is 14.9 Å². The Balaban J connectivity index is 1.85. The van der Waals surface area contributed by atoms with Gasteiger partial charge in [0.25, 0.3) is 0 Å². The Morgan fingerprint density at radius 1 is 1.09 bits per heavy atom. The minimum absolute atomic E-state index is 0.0268. The molecule has 34 heavy (non-hydrogen) atoms. The number of nitrogens with one attached hydrogen (secondary N) is 1. The molecule has 2 aromatic carbocycles. The molecule has 1 N–H and O–H groups in total. The molecule has 7 nitrogen and oxygen atoms in total. The number of halogens is 1. The molecule has 1 atom stereocenters. The van der Waals surface area contributed by atoms with E-state index in [1.807, 2.05) is 43.3 Å². The number of aryl methyl sites for hydroxylation is 1. The molecular weight excluding hydrogens is 476 g/mol. The molecule has 0 unspecified atom stereocenters. The van der Waals surface area contributed by atoms with Crippen LogP contribution in [-0.2, 0) is 10.0 Å². The molecule has 0 saturated heterocycles. The van der Waals surface area contributed by atoms with Gasteiger partial charge in [-0.25, -0.2) is 13.4 Å². The Morgan fingerprint density at radius 3 is 2.47 bits per heavy atom. The lowest BCUT2D eigenvalue weighted by molar-refractivity contribution is 0.227. The quantitative estimate of drug-likeness (QED) is 0.345. The van der Waals surface area contributed by atoms with Crippen molar-refractivity contribution < 1.29 is 17.6 Å². The lowest BCUT2D eigenvalue weighted by Crippen LogP contribution is -2.14. The summed E-state index contributed by atoms with van der Waals surface area (Å²) in [6.07, 6.45) is 0.402. The molecule has 4 rings (SSSR count). The van der Waals surface area contributed by atoms with Crippen LogP contribution in [0.2, 0.25) is 5.15 Å². The fraction of sp³-hybridized carbons (Fsp3) is 0.200. The number of ether oxygens (including phenoxy) is 1. The van der Waals surface area contributed by atoms with E-state index in [9.17, 15) is 13.2 Å². The highest BCUT2D eigenvalue weighted by Gasteiger charge is 2.21. The average Bonchev–Trinajstić information content (AvgIpc) is 2.77. The van der Waals surface area contributed by atoms with E-state index in [1.165, 1.54) is 12.1 Å². The Kier molecular flexibility index (Phi) is 6.38. The standard InChI is InChI=1S/C25H23ClN2O5S/c1-14-12-18(16(3)32-20-10-11-21(26)27-25(20)28-34(4,30)31)24-19(13-14)22(29)15(2)23(33-24)17-8-6-5-7-9-17/h5-13,16H,1-4H3,(H,27,28)/t16-/m1/s1. The number of rotatable bonds is 6. The second-order valence-electron chi connectivity index (χ2n) is 8.10. The van der Waals surface area contributed by atoms with Crippen LogP contribution in [0.1, 0.15) is 29.7 Å². The fourth-order valence-corrected chi connectivity index (χ4v) is 4.40. The summed E-state index contributed by atoms with van der Waals surface area (Å²) >= 11 is 5.95. The largest absolute Gasteiger partial charge is 0.482 e. The van der Waals surface area contributed by atoms with E-state index in [0.717, 1.165) is 17.4 Å². The number of aromatic nitrogens is 1. The average molecular weight is 499 g/mol. The molecule has 2 aromatic heterocycles. The molecule has 0 radical (unpaired) electrons. The van der Waals surface area contributed by atoms with Crippen LogP contribution in [0.25, 0.3) is 22.3 Å². The van der Waals surface area contributed by atoms with Crippen LogP contribution in [0.5, 0.6) is 5.75 Å². The number of nitrogens with zero attached hydrogens (tertiary/aromatic N) is 1. The van der Waals surface area contributed by atoms with E-state index in [1.54, 1.807) is 19.9 Å². The van der Waals surface area contributed by atoms with Crippen LogP contribution in [0.3, 0.4) is 0 Å². The number of anilines is 1. The fourth-order valence-electron chi connectivity index (χ4n) is 3.75. The monoisotopic (exact) mass is 498 g/mol. The molecule has 0 fully saturated rings. The van der Waals surface area contributed by atoms with Crippen molar-refractivity contribution in [2.24, 2.45) is 0 Å². The third-order valence-electron chi connectivity index (χ3n) is 5.28. The van der Waals surface area contributed by atoms with Gasteiger partial charge in [-0.3, -0.25) is 9.52 Å². The highest BCUT2D eigenvalue weighted by molar-refractivity contribution is 7.92. The molecule has 4 aromatic rings. The van der Waals surface area contributed by atoms with Gasteiger partial charge in [-0.15, -0.1) is 0 Å². The molecule has 0 bridgehead atoms. The van der Waals surface area contributed by atoms with Crippen molar-refractivity contribution in [3.05, 3.63) is 86.7 Å². The Morgan fingerprint density at radius 2 is 1.79 bits per heavy atom.